The molecule has 0 aliphatic carbocycles. The molecule has 1 aromatic rings. The third-order valence-electron chi connectivity index (χ3n) is 6.77. The number of Topliss-reactive ketones (excluding diaryl/α,β-unsaturated/α-hetero) is 2. The number of halogens is 6. The summed E-state index contributed by atoms with van der Waals surface area (Å²) < 4.78 is 77.8. The van der Waals surface area contributed by atoms with E-state index in [9.17, 15) is 35.9 Å². The Morgan fingerprint density at radius 2 is 1.67 bits per heavy atom. The largest absolute Gasteiger partial charge is 0.454 e. The molecule has 0 bridgehead atoms. The highest BCUT2D eigenvalue weighted by Crippen LogP contribution is 2.41. The van der Waals surface area contributed by atoms with E-state index in [1.165, 1.54) is 6.20 Å². The summed E-state index contributed by atoms with van der Waals surface area (Å²) in [6, 6.07) is 5.52. The summed E-state index contributed by atoms with van der Waals surface area (Å²) in [5, 5.41) is 0. The molecule has 36 heavy (non-hydrogen) atoms. The molecule has 1 aromatic carbocycles. The van der Waals surface area contributed by atoms with Gasteiger partial charge in [-0.2, -0.15) is 26.3 Å². The molecule has 0 radical (unpaired) electrons. The topological polar surface area (TPSA) is 40.6 Å². The quantitative estimate of drug-likeness (QED) is 0.333. The van der Waals surface area contributed by atoms with E-state index in [4.69, 9.17) is 0 Å². The van der Waals surface area contributed by atoms with Crippen molar-refractivity contribution in [2.24, 2.45) is 10.8 Å². The van der Waals surface area contributed by atoms with E-state index in [1.807, 2.05) is 30.0 Å². The number of rotatable bonds is 9. The minimum absolute atomic E-state index is 0.293. The summed E-state index contributed by atoms with van der Waals surface area (Å²) in [5.74, 6) is -3.60. The van der Waals surface area contributed by atoms with Gasteiger partial charge in [0.05, 0.1) is 0 Å². The maximum Gasteiger partial charge on any atom is 0.454 e. The van der Waals surface area contributed by atoms with Crippen molar-refractivity contribution in [2.45, 2.75) is 72.7 Å². The smallest absolute Gasteiger partial charge is 0.375 e. The first kappa shape index (κ1) is 29.7. The third kappa shape index (κ3) is 7.26. The number of alkyl halides is 6. The van der Waals surface area contributed by atoms with Crippen molar-refractivity contribution in [1.29, 1.82) is 0 Å². The second-order valence-corrected chi connectivity index (χ2v) is 10.8. The van der Waals surface area contributed by atoms with Gasteiger partial charge in [-0.3, -0.25) is 9.59 Å². The molecule has 0 fully saturated rings. The first-order valence-electron chi connectivity index (χ1n) is 11.8. The van der Waals surface area contributed by atoms with Gasteiger partial charge in [-0.05, 0) is 47.8 Å². The maximum absolute atomic E-state index is 13.2. The minimum Gasteiger partial charge on any atom is -0.375 e. The van der Waals surface area contributed by atoms with Crippen LogP contribution in [0.25, 0.3) is 0 Å². The lowest BCUT2D eigenvalue weighted by Gasteiger charge is -2.38. The van der Waals surface area contributed by atoms with Crippen LogP contribution in [0.2, 0.25) is 0 Å². The summed E-state index contributed by atoms with van der Waals surface area (Å²) in [5.41, 5.74) is 0.194. The van der Waals surface area contributed by atoms with Gasteiger partial charge in [0.1, 0.15) is 0 Å². The monoisotopic (exact) mass is 520 g/mol. The molecule has 1 aliphatic heterocycles. The fraction of sp³-hybridized carbons (Fsp3) is 0.615. The number of carbonyl (C=O) groups excluding carboxylic acids is 2. The standard InChI is InChI=1S/C26H34F6N2O2/c1-7-17-8-9-18(33(6)12-10-23(2,3)15-21(35)25(27,28)29)14-20(17)34-13-11-24(4,5)19(16-34)22(36)26(30,31)32/h8-9,14,16H,7,10-13,15H2,1-6H3. The Labute approximate surface area is 208 Å². The summed E-state index contributed by atoms with van der Waals surface area (Å²) in [7, 11) is 1.76. The van der Waals surface area contributed by atoms with Gasteiger partial charge in [-0.1, -0.05) is 40.7 Å². The Hall–Kier alpha value is -2.52. The van der Waals surface area contributed by atoms with E-state index in [2.05, 4.69) is 0 Å². The molecule has 0 aromatic heterocycles. The lowest BCUT2D eigenvalue weighted by Crippen LogP contribution is -2.39. The number of aryl methyl sites for hydroxylation is 1. The van der Waals surface area contributed by atoms with E-state index in [0.717, 1.165) is 11.3 Å². The van der Waals surface area contributed by atoms with Gasteiger partial charge in [-0.25, -0.2) is 0 Å². The molecule has 0 saturated carbocycles. The van der Waals surface area contributed by atoms with Crippen LogP contribution in [0, 0.1) is 10.8 Å². The Balaban J connectivity index is 2.30. The lowest BCUT2D eigenvalue weighted by atomic mass is 9.77. The molecular weight excluding hydrogens is 486 g/mol. The van der Waals surface area contributed by atoms with Crippen molar-refractivity contribution in [3.05, 3.63) is 35.5 Å². The molecule has 4 nitrogen and oxygen atoms in total. The van der Waals surface area contributed by atoms with Crippen molar-refractivity contribution in [3.8, 4) is 0 Å². The second-order valence-electron chi connectivity index (χ2n) is 10.8. The molecule has 0 amide bonds. The van der Waals surface area contributed by atoms with E-state index in [1.54, 1.807) is 39.6 Å². The average Bonchev–Trinajstić information content (AvgIpc) is 2.75. The predicted molar refractivity (Wildman–Crippen MR) is 128 cm³/mol. The second kappa shape index (κ2) is 10.5. The van der Waals surface area contributed by atoms with Crippen LogP contribution in [0.1, 0.15) is 59.4 Å². The first-order chi connectivity index (χ1) is 16.3. The lowest BCUT2D eigenvalue weighted by molar-refractivity contribution is -0.173. The van der Waals surface area contributed by atoms with E-state index in [0.29, 0.717) is 38.0 Å². The van der Waals surface area contributed by atoms with Crippen molar-refractivity contribution < 1.29 is 35.9 Å². The molecule has 0 unspecified atom stereocenters. The zero-order chi connectivity index (χ0) is 27.7. The van der Waals surface area contributed by atoms with Gasteiger partial charge in [-0.15, -0.1) is 0 Å². The van der Waals surface area contributed by atoms with Crippen molar-refractivity contribution in [3.63, 3.8) is 0 Å². The highest BCUT2D eigenvalue weighted by molar-refractivity contribution is 6.01. The van der Waals surface area contributed by atoms with Crippen LogP contribution in [-0.2, 0) is 16.0 Å². The van der Waals surface area contributed by atoms with Crippen LogP contribution < -0.4 is 9.80 Å². The highest BCUT2D eigenvalue weighted by Gasteiger charge is 2.46. The zero-order valence-corrected chi connectivity index (χ0v) is 21.5. The highest BCUT2D eigenvalue weighted by atomic mass is 19.4. The van der Waals surface area contributed by atoms with E-state index in [-0.39, 0.29) is 5.57 Å². The van der Waals surface area contributed by atoms with Gasteiger partial charge in [0, 0.05) is 49.7 Å². The van der Waals surface area contributed by atoms with Gasteiger partial charge in [0.2, 0.25) is 5.78 Å². The minimum atomic E-state index is -4.97. The molecular formula is C26H34F6N2O2. The number of nitrogens with zero attached hydrogens (tertiary/aromatic N) is 2. The fourth-order valence-electron chi connectivity index (χ4n) is 4.22. The van der Waals surface area contributed by atoms with Crippen molar-refractivity contribution >= 4 is 22.9 Å². The van der Waals surface area contributed by atoms with Crippen LogP contribution >= 0.6 is 0 Å². The summed E-state index contributed by atoms with van der Waals surface area (Å²) >= 11 is 0. The normalized spacial score (nSPS) is 16.6. The molecule has 0 spiro atoms. The molecule has 1 heterocycles. The van der Waals surface area contributed by atoms with Gasteiger partial charge < -0.3 is 9.80 Å². The van der Waals surface area contributed by atoms with Crippen LogP contribution in [-0.4, -0.2) is 44.1 Å². The first-order valence-corrected chi connectivity index (χ1v) is 11.8. The number of allylic oxidation sites excluding steroid dienone is 1. The number of anilines is 2. The third-order valence-corrected chi connectivity index (χ3v) is 6.77. The molecule has 0 saturated heterocycles. The van der Waals surface area contributed by atoms with Crippen LogP contribution in [0.5, 0.6) is 0 Å². The summed E-state index contributed by atoms with van der Waals surface area (Å²) in [6.07, 6.45) is -7.87. The van der Waals surface area contributed by atoms with Crippen LogP contribution in [0.15, 0.2) is 30.0 Å². The molecule has 202 valence electrons. The zero-order valence-electron chi connectivity index (χ0n) is 21.5. The maximum atomic E-state index is 13.2. The van der Waals surface area contributed by atoms with E-state index < -0.39 is 41.2 Å². The number of benzene rings is 1. The molecule has 10 heteroatoms. The van der Waals surface area contributed by atoms with E-state index >= 15 is 0 Å². The molecule has 2 rings (SSSR count). The van der Waals surface area contributed by atoms with Crippen LogP contribution in [0.3, 0.4) is 0 Å². The Morgan fingerprint density at radius 3 is 2.19 bits per heavy atom. The SMILES string of the molecule is CCc1ccc(N(C)CCC(C)(C)CC(=O)C(F)(F)F)cc1N1C=C(C(=O)C(F)(F)F)C(C)(C)CC1. The van der Waals surface area contributed by atoms with Crippen molar-refractivity contribution in [2.75, 3.05) is 29.9 Å². The van der Waals surface area contributed by atoms with Gasteiger partial charge in [0.25, 0.3) is 5.78 Å². The average molecular weight is 521 g/mol. The number of hydrogen-bond acceptors (Lipinski definition) is 4. The van der Waals surface area contributed by atoms with Gasteiger partial charge >= 0.3 is 12.4 Å². The Morgan fingerprint density at radius 1 is 1.06 bits per heavy atom. The predicted octanol–water partition coefficient (Wildman–Crippen LogP) is 6.87. The molecule has 0 N–H and O–H groups in total. The molecule has 1 aliphatic rings. The summed E-state index contributed by atoms with van der Waals surface area (Å²) in [4.78, 5) is 27.1. The molecule has 0 atom stereocenters. The number of hydrogen-bond donors (Lipinski definition) is 0. The number of carbonyl (C=O) groups is 2. The summed E-state index contributed by atoms with van der Waals surface area (Å²) in [6.45, 7) is 9.16. The van der Waals surface area contributed by atoms with Crippen molar-refractivity contribution in [1.82, 2.24) is 0 Å². The number of ketones is 2. The van der Waals surface area contributed by atoms with Gasteiger partial charge in [0.15, 0.2) is 0 Å². The Bertz CT molecular complexity index is 1010. The Kier molecular flexibility index (Phi) is 8.63. The van der Waals surface area contributed by atoms with Crippen LogP contribution in [0.4, 0.5) is 37.7 Å². The fourth-order valence-corrected chi connectivity index (χ4v) is 4.22.